The van der Waals surface area contributed by atoms with Gasteiger partial charge in [0.25, 0.3) is 11.5 Å². The lowest BCUT2D eigenvalue weighted by Crippen LogP contribution is -2.41. The van der Waals surface area contributed by atoms with Crippen LogP contribution in [0.5, 0.6) is 0 Å². The molecule has 6 heteroatoms. The summed E-state index contributed by atoms with van der Waals surface area (Å²) in [5.41, 5.74) is -0.369. The summed E-state index contributed by atoms with van der Waals surface area (Å²) in [6, 6.07) is 2.76. The van der Waals surface area contributed by atoms with E-state index in [0.29, 0.717) is 13.2 Å². The molecule has 1 aromatic heterocycles. The topological polar surface area (TPSA) is 73.2 Å². The Balaban J connectivity index is 2.90. The lowest BCUT2D eigenvalue weighted by molar-refractivity contribution is 0.0910. The van der Waals surface area contributed by atoms with Crippen LogP contribution in [0.25, 0.3) is 0 Å². The van der Waals surface area contributed by atoms with Crippen molar-refractivity contribution < 1.29 is 9.53 Å². The van der Waals surface area contributed by atoms with Crippen molar-refractivity contribution in [3.8, 4) is 0 Å². The second-order valence-electron chi connectivity index (χ2n) is 4.98. The maximum atomic E-state index is 11.9. The third kappa shape index (κ3) is 4.29. The third-order valence-corrected chi connectivity index (χ3v) is 2.10. The molecule has 0 aromatic carbocycles. The van der Waals surface area contributed by atoms with Crippen LogP contribution in [0.1, 0.15) is 31.3 Å². The summed E-state index contributed by atoms with van der Waals surface area (Å²) in [4.78, 5) is 23.4. The Labute approximate surface area is 106 Å². The quantitative estimate of drug-likeness (QED) is 0.844. The lowest BCUT2D eigenvalue weighted by atomic mass is 10.1. The van der Waals surface area contributed by atoms with E-state index in [2.05, 4.69) is 10.4 Å². The van der Waals surface area contributed by atoms with Crippen molar-refractivity contribution >= 4 is 5.91 Å². The van der Waals surface area contributed by atoms with Crippen molar-refractivity contribution in [2.45, 2.75) is 32.9 Å². The second-order valence-corrected chi connectivity index (χ2v) is 4.98. The summed E-state index contributed by atoms with van der Waals surface area (Å²) in [6.45, 7) is 6.34. The van der Waals surface area contributed by atoms with Crippen LogP contribution in [0.4, 0.5) is 0 Å². The maximum Gasteiger partial charge on any atom is 0.272 e. The summed E-state index contributed by atoms with van der Waals surface area (Å²) >= 11 is 0. The van der Waals surface area contributed by atoms with Crippen molar-refractivity contribution in [3.05, 3.63) is 28.2 Å². The largest absolute Gasteiger partial charge is 0.383 e. The summed E-state index contributed by atoms with van der Waals surface area (Å²) in [7, 11) is 1.54. The number of hydrogen-bond acceptors (Lipinski definition) is 4. The molecule has 0 unspecified atom stereocenters. The normalized spacial score (nSPS) is 11.3. The van der Waals surface area contributed by atoms with E-state index >= 15 is 0 Å². The number of hydrogen-bond donors (Lipinski definition) is 1. The van der Waals surface area contributed by atoms with E-state index < -0.39 is 0 Å². The molecule has 1 heterocycles. The number of aromatic nitrogens is 2. The maximum absolute atomic E-state index is 11.9. The first kappa shape index (κ1) is 14.4. The standard InChI is InChI=1S/C12H19N3O3/c1-12(2,3)13-11(17)9-5-6-10(16)15(14-9)7-8-18-4/h5-6H,7-8H2,1-4H3,(H,13,17). The fourth-order valence-electron chi connectivity index (χ4n) is 1.31. The molecule has 1 rings (SSSR count). The fraction of sp³-hybridized carbons (Fsp3) is 0.583. The van der Waals surface area contributed by atoms with Crippen LogP contribution in [-0.2, 0) is 11.3 Å². The SMILES string of the molecule is COCCn1nc(C(=O)NC(C)(C)C)ccc1=O. The van der Waals surface area contributed by atoms with Crippen molar-refractivity contribution in [2.24, 2.45) is 0 Å². The minimum atomic E-state index is -0.341. The van der Waals surface area contributed by atoms with Gasteiger partial charge in [0.1, 0.15) is 5.69 Å². The van der Waals surface area contributed by atoms with Gasteiger partial charge in [-0.2, -0.15) is 5.10 Å². The van der Waals surface area contributed by atoms with E-state index in [-0.39, 0.29) is 22.7 Å². The van der Waals surface area contributed by atoms with E-state index in [4.69, 9.17) is 4.74 Å². The van der Waals surface area contributed by atoms with Crippen LogP contribution >= 0.6 is 0 Å². The Hall–Kier alpha value is -1.69. The summed E-state index contributed by atoms with van der Waals surface area (Å²) < 4.78 is 6.10. The van der Waals surface area contributed by atoms with Gasteiger partial charge in [0.2, 0.25) is 0 Å². The molecule has 0 aliphatic rings. The van der Waals surface area contributed by atoms with Crippen LogP contribution in [0.2, 0.25) is 0 Å². The first-order valence-corrected chi connectivity index (χ1v) is 5.73. The van der Waals surface area contributed by atoms with Gasteiger partial charge in [-0.15, -0.1) is 0 Å². The molecule has 6 nitrogen and oxygen atoms in total. The zero-order valence-electron chi connectivity index (χ0n) is 11.2. The number of nitrogens with one attached hydrogen (secondary N) is 1. The van der Waals surface area contributed by atoms with Crippen LogP contribution in [0.15, 0.2) is 16.9 Å². The predicted molar refractivity (Wildman–Crippen MR) is 67.6 cm³/mol. The van der Waals surface area contributed by atoms with Crippen molar-refractivity contribution in [2.75, 3.05) is 13.7 Å². The van der Waals surface area contributed by atoms with Gasteiger partial charge in [-0.05, 0) is 26.8 Å². The van der Waals surface area contributed by atoms with Gasteiger partial charge in [0, 0.05) is 18.7 Å². The molecular formula is C12H19N3O3. The van der Waals surface area contributed by atoms with Crippen LogP contribution in [0.3, 0.4) is 0 Å². The molecule has 0 spiro atoms. The van der Waals surface area contributed by atoms with Crippen LogP contribution in [0, 0.1) is 0 Å². The zero-order valence-corrected chi connectivity index (χ0v) is 11.2. The second kappa shape index (κ2) is 5.77. The van der Waals surface area contributed by atoms with Gasteiger partial charge in [-0.25, -0.2) is 4.68 Å². The molecule has 0 atom stereocenters. The average molecular weight is 253 g/mol. The minimum absolute atomic E-state index is 0.223. The molecule has 18 heavy (non-hydrogen) atoms. The smallest absolute Gasteiger partial charge is 0.272 e. The highest BCUT2D eigenvalue weighted by Gasteiger charge is 2.16. The number of rotatable bonds is 4. The number of carbonyl (C=O) groups excluding carboxylic acids is 1. The van der Waals surface area contributed by atoms with Gasteiger partial charge in [-0.3, -0.25) is 9.59 Å². The highest BCUT2D eigenvalue weighted by atomic mass is 16.5. The minimum Gasteiger partial charge on any atom is -0.383 e. The molecule has 0 radical (unpaired) electrons. The molecule has 1 aromatic rings. The summed E-state index contributed by atoms with van der Waals surface area (Å²) in [5, 5.41) is 6.80. The fourth-order valence-corrected chi connectivity index (χ4v) is 1.31. The number of amides is 1. The molecular weight excluding hydrogens is 234 g/mol. The predicted octanol–water partition coefficient (Wildman–Crippen LogP) is 0.418. The molecule has 0 aliphatic carbocycles. The van der Waals surface area contributed by atoms with Gasteiger partial charge in [0.15, 0.2) is 0 Å². The molecule has 0 saturated carbocycles. The molecule has 0 saturated heterocycles. The van der Waals surface area contributed by atoms with E-state index in [1.54, 1.807) is 7.11 Å². The van der Waals surface area contributed by atoms with Crippen molar-refractivity contribution in [1.82, 2.24) is 15.1 Å². The lowest BCUT2D eigenvalue weighted by Gasteiger charge is -2.20. The number of methoxy groups -OCH3 is 1. The van der Waals surface area contributed by atoms with Gasteiger partial charge >= 0.3 is 0 Å². The Morgan fingerprint density at radius 1 is 1.44 bits per heavy atom. The van der Waals surface area contributed by atoms with E-state index in [1.807, 2.05) is 20.8 Å². The van der Waals surface area contributed by atoms with Crippen LogP contribution < -0.4 is 10.9 Å². The Morgan fingerprint density at radius 3 is 2.67 bits per heavy atom. The highest BCUT2D eigenvalue weighted by molar-refractivity contribution is 5.92. The van der Waals surface area contributed by atoms with Gasteiger partial charge in [-0.1, -0.05) is 0 Å². The zero-order chi connectivity index (χ0) is 13.8. The molecule has 1 amide bonds. The molecule has 0 fully saturated rings. The molecule has 0 bridgehead atoms. The third-order valence-electron chi connectivity index (χ3n) is 2.10. The Bertz CT molecular complexity index is 474. The molecule has 100 valence electrons. The Kier molecular flexibility index (Phi) is 4.61. The van der Waals surface area contributed by atoms with Crippen molar-refractivity contribution in [1.29, 1.82) is 0 Å². The van der Waals surface area contributed by atoms with E-state index in [1.165, 1.54) is 16.8 Å². The monoisotopic (exact) mass is 253 g/mol. The van der Waals surface area contributed by atoms with E-state index in [9.17, 15) is 9.59 Å². The number of carbonyl (C=O) groups is 1. The Morgan fingerprint density at radius 2 is 2.11 bits per heavy atom. The molecule has 0 aliphatic heterocycles. The number of ether oxygens (including phenoxy) is 1. The first-order valence-electron chi connectivity index (χ1n) is 5.73. The van der Waals surface area contributed by atoms with Crippen LogP contribution in [-0.4, -0.2) is 34.9 Å². The number of nitrogens with zero attached hydrogens (tertiary/aromatic N) is 2. The van der Waals surface area contributed by atoms with Gasteiger partial charge in [0.05, 0.1) is 13.2 Å². The average Bonchev–Trinajstić information content (AvgIpc) is 2.25. The van der Waals surface area contributed by atoms with Crippen molar-refractivity contribution in [3.63, 3.8) is 0 Å². The summed E-state index contributed by atoms with van der Waals surface area (Å²) in [6.07, 6.45) is 0. The first-order chi connectivity index (χ1) is 8.33. The van der Waals surface area contributed by atoms with E-state index in [0.717, 1.165) is 0 Å². The highest BCUT2D eigenvalue weighted by Crippen LogP contribution is 2.01. The molecule has 1 N–H and O–H groups in total. The summed E-state index contributed by atoms with van der Waals surface area (Å²) in [5.74, 6) is -0.298. The van der Waals surface area contributed by atoms with Gasteiger partial charge < -0.3 is 10.1 Å².